The van der Waals surface area contributed by atoms with Gasteiger partial charge in [-0.05, 0) is 42.5 Å². The van der Waals surface area contributed by atoms with Gasteiger partial charge in [0.2, 0.25) is 0 Å². The molecule has 4 rings (SSSR count). The molecule has 0 atom stereocenters. The Hall–Kier alpha value is -3.67. The molecule has 0 bridgehead atoms. The number of carbonyl (C=O) groups excluding carboxylic acids is 1. The zero-order valence-electron chi connectivity index (χ0n) is 13.1. The number of aromatic nitrogens is 2. The number of hydrogen-bond donors (Lipinski definition) is 2. The summed E-state index contributed by atoms with van der Waals surface area (Å²) in [6.07, 6.45) is 2.99. The third-order valence-electron chi connectivity index (χ3n) is 3.67. The Morgan fingerprint density at radius 3 is 2.68 bits per heavy atom. The second-order valence-corrected chi connectivity index (χ2v) is 5.38. The van der Waals surface area contributed by atoms with Gasteiger partial charge >= 0.3 is 0 Å². The van der Waals surface area contributed by atoms with Gasteiger partial charge in [-0.2, -0.15) is 0 Å². The average Bonchev–Trinajstić information content (AvgIpc) is 3.17. The summed E-state index contributed by atoms with van der Waals surface area (Å²) in [4.78, 5) is 20.6. The second kappa shape index (κ2) is 6.45. The minimum absolute atomic E-state index is 0.264. The fourth-order valence-corrected chi connectivity index (χ4v) is 2.52. The van der Waals surface area contributed by atoms with Crippen molar-refractivity contribution < 1.29 is 9.21 Å². The molecule has 0 saturated heterocycles. The van der Waals surface area contributed by atoms with Gasteiger partial charge in [0.15, 0.2) is 5.76 Å². The Labute approximate surface area is 143 Å². The van der Waals surface area contributed by atoms with Gasteiger partial charge in [0.05, 0.1) is 11.8 Å². The van der Waals surface area contributed by atoms with Crippen LogP contribution < -0.4 is 10.6 Å². The monoisotopic (exact) mass is 330 g/mol. The molecule has 0 aliphatic heterocycles. The van der Waals surface area contributed by atoms with Gasteiger partial charge in [0.1, 0.15) is 12.1 Å². The van der Waals surface area contributed by atoms with Crippen LogP contribution in [0.15, 0.2) is 77.7 Å². The summed E-state index contributed by atoms with van der Waals surface area (Å²) in [7, 11) is 0. The number of furan rings is 1. The van der Waals surface area contributed by atoms with Gasteiger partial charge < -0.3 is 15.1 Å². The number of anilines is 3. The van der Waals surface area contributed by atoms with Crippen LogP contribution in [0.4, 0.5) is 17.2 Å². The summed E-state index contributed by atoms with van der Waals surface area (Å²) in [6.45, 7) is 0. The maximum absolute atomic E-state index is 12.1. The van der Waals surface area contributed by atoms with Crippen molar-refractivity contribution >= 4 is 34.0 Å². The number of carbonyl (C=O) groups is 1. The van der Waals surface area contributed by atoms with Gasteiger partial charge in [0.25, 0.3) is 5.91 Å². The van der Waals surface area contributed by atoms with Crippen LogP contribution in [0, 0.1) is 0 Å². The molecular weight excluding hydrogens is 316 g/mol. The normalized spacial score (nSPS) is 10.6. The van der Waals surface area contributed by atoms with Crippen molar-refractivity contribution in [3.05, 3.63) is 79.0 Å². The van der Waals surface area contributed by atoms with Gasteiger partial charge in [0, 0.05) is 16.8 Å². The first-order chi connectivity index (χ1) is 12.3. The summed E-state index contributed by atoms with van der Waals surface area (Å²) >= 11 is 0. The lowest BCUT2D eigenvalue weighted by Gasteiger charge is -2.10. The van der Waals surface area contributed by atoms with Crippen LogP contribution in [-0.2, 0) is 0 Å². The SMILES string of the molecule is O=C(Nc1cccc(Nc2ncnc3ccccc23)c1)c1ccco1. The molecule has 6 heteroatoms. The Morgan fingerprint density at radius 1 is 0.920 bits per heavy atom. The van der Waals surface area contributed by atoms with Crippen molar-refractivity contribution in [2.45, 2.75) is 0 Å². The molecule has 2 aromatic carbocycles. The minimum atomic E-state index is -0.297. The first-order valence-electron chi connectivity index (χ1n) is 7.71. The highest BCUT2D eigenvalue weighted by Crippen LogP contribution is 2.24. The molecule has 4 aromatic rings. The molecule has 0 radical (unpaired) electrons. The van der Waals surface area contributed by atoms with Crippen LogP contribution in [-0.4, -0.2) is 15.9 Å². The Bertz CT molecular complexity index is 1020. The number of rotatable bonds is 4. The van der Waals surface area contributed by atoms with E-state index in [0.717, 1.165) is 16.6 Å². The molecule has 0 aliphatic carbocycles. The van der Waals surface area contributed by atoms with Gasteiger partial charge in [-0.25, -0.2) is 9.97 Å². The lowest BCUT2D eigenvalue weighted by molar-refractivity contribution is 0.0996. The Morgan fingerprint density at radius 2 is 1.80 bits per heavy atom. The van der Waals surface area contributed by atoms with Crippen LogP contribution in [0.3, 0.4) is 0 Å². The van der Waals surface area contributed by atoms with E-state index in [1.54, 1.807) is 12.1 Å². The smallest absolute Gasteiger partial charge is 0.291 e. The molecule has 25 heavy (non-hydrogen) atoms. The van der Waals surface area contributed by atoms with E-state index in [0.29, 0.717) is 11.5 Å². The first-order valence-corrected chi connectivity index (χ1v) is 7.71. The topological polar surface area (TPSA) is 80.0 Å². The molecule has 1 amide bonds. The maximum atomic E-state index is 12.1. The lowest BCUT2D eigenvalue weighted by Crippen LogP contribution is -2.10. The van der Waals surface area contributed by atoms with Crippen molar-refractivity contribution in [2.24, 2.45) is 0 Å². The highest BCUT2D eigenvalue weighted by atomic mass is 16.3. The Kier molecular flexibility index (Phi) is 3.84. The molecule has 0 unspecified atom stereocenters. The minimum Gasteiger partial charge on any atom is -0.459 e. The molecule has 2 N–H and O–H groups in total. The van der Waals surface area contributed by atoms with Crippen molar-refractivity contribution in [3.8, 4) is 0 Å². The van der Waals surface area contributed by atoms with E-state index in [4.69, 9.17) is 4.42 Å². The average molecular weight is 330 g/mol. The van der Waals surface area contributed by atoms with Crippen molar-refractivity contribution in [1.82, 2.24) is 9.97 Å². The summed E-state index contributed by atoms with van der Waals surface area (Å²) in [5.41, 5.74) is 2.33. The molecule has 0 aliphatic rings. The molecule has 2 aromatic heterocycles. The predicted octanol–water partition coefficient (Wildman–Crippen LogP) is 4.22. The number of para-hydroxylation sites is 1. The third-order valence-corrected chi connectivity index (χ3v) is 3.67. The van der Waals surface area contributed by atoms with E-state index >= 15 is 0 Å². The second-order valence-electron chi connectivity index (χ2n) is 5.38. The summed E-state index contributed by atoms with van der Waals surface area (Å²) in [6, 6.07) is 18.4. The highest BCUT2D eigenvalue weighted by molar-refractivity contribution is 6.02. The quantitative estimate of drug-likeness (QED) is 0.585. The summed E-state index contributed by atoms with van der Waals surface area (Å²) < 4.78 is 5.10. The van der Waals surface area contributed by atoms with Crippen molar-refractivity contribution in [3.63, 3.8) is 0 Å². The third kappa shape index (κ3) is 3.18. The summed E-state index contributed by atoms with van der Waals surface area (Å²) in [5.74, 6) is 0.676. The number of nitrogens with zero attached hydrogens (tertiary/aromatic N) is 2. The lowest BCUT2D eigenvalue weighted by atomic mass is 10.2. The number of fused-ring (bicyclic) bond motifs is 1. The standard InChI is InChI=1S/C19H14N4O2/c24-19(17-9-4-10-25-17)23-14-6-3-5-13(11-14)22-18-15-7-1-2-8-16(15)20-12-21-18/h1-12H,(H,23,24)(H,20,21,22). The van der Waals surface area contributed by atoms with Gasteiger partial charge in [-0.1, -0.05) is 18.2 Å². The number of amides is 1. The van der Waals surface area contributed by atoms with Crippen LogP contribution in [0.25, 0.3) is 10.9 Å². The zero-order valence-corrected chi connectivity index (χ0v) is 13.1. The van der Waals surface area contributed by atoms with Crippen molar-refractivity contribution in [1.29, 1.82) is 0 Å². The first kappa shape index (κ1) is 14.9. The predicted molar refractivity (Wildman–Crippen MR) is 95.9 cm³/mol. The van der Waals surface area contributed by atoms with Crippen LogP contribution in [0.5, 0.6) is 0 Å². The zero-order chi connectivity index (χ0) is 17.1. The maximum Gasteiger partial charge on any atom is 0.291 e. The molecule has 0 spiro atoms. The molecule has 122 valence electrons. The van der Waals surface area contributed by atoms with Crippen LogP contribution >= 0.6 is 0 Å². The van der Waals surface area contributed by atoms with E-state index in [1.165, 1.54) is 12.6 Å². The number of hydrogen-bond acceptors (Lipinski definition) is 5. The van der Waals surface area contributed by atoms with E-state index in [-0.39, 0.29) is 11.7 Å². The molecule has 0 saturated carbocycles. The molecule has 0 fully saturated rings. The van der Waals surface area contributed by atoms with E-state index in [1.807, 2.05) is 48.5 Å². The largest absolute Gasteiger partial charge is 0.459 e. The number of nitrogens with one attached hydrogen (secondary N) is 2. The molecular formula is C19H14N4O2. The Balaban J connectivity index is 1.58. The molecule has 2 heterocycles. The van der Waals surface area contributed by atoms with Crippen LogP contribution in [0.1, 0.15) is 10.6 Å². The van der Waals surface area contributed by atoms with E-state index in [9.17, 15) is 4.79 Å². The van der Waals surface area contributed by atoms with Crippen LogP contribution in [0.2, 0.25) is 0 Å². The fourth-order valence-electron chi connectivity index (χ4n) is 2.52. The van der Waals surface area contributed by atoms with Gasteiger partial charge in [-0.3, -0.25) is 4.79 Å². The van der Waals surface area contributed by atoms with E-state index < -0.39 is 0 Å². The van der Waals surface area contributed by atoms with Crippen molar-refractivity contribution in [2.75, 3.05) is 10.6 Å². The fraction of sp³-hybridized carbons (Fsp3) is 0. The molecule has 6 nitrogen and oxygen atoms in total. The van der Waals surface area contributed by atoms with Gasteiger partial charge in [-0.15, -0.1) is 0 Å². The highest BCUT2D eigenvalue weighted by Gasteiger charge is 2.09. The summed E-state index contributed by atoms with van der Waals surface area (Å²) in [5, 5.41) is 7.00. The number of benzene rings is 2. The van der Waals surface area contributed by atoms with E-state index in [2.05, 4.69) is 20.6 Å².